The SMILES string of the molecule is COc1ccc(Oc2c(I)cc(C(C)=O)cc2I)cc1N.COc1ccc(Oc2c(I)cc(C(C)=O)cc2I)cc1[N+]#N.[B]I(I)I. The number of diazo groups is 1. The van der Waals surface area contributed by atoms with E-state index in [2.05, 4.69) is 133 Å². The minimum atomic E-state index is -0.823. The normalized spacial score (nSPS) is 10.2. The molecule has 0 aromatic heterocycles. The van der Waals surface area contributed by atoms with E-state index in [1.165, 1.54) is 14.0 Å². The molecule has 0 aliphatic heterocycles. The van der Waals surface area contributed by atoms with Crippen LogP contribution in [0, 0.1) is 19.7 Å². The Morgan fingerprint density at radius 3 is 1.40 bits per heavy atom. The van der Waals surface area contributed by atoms with Gasteiger partial charge in [0.15, 0.2) is 28.0 Å². The first-order chi connectivity index (χ1) is 22.1. The van der Waals surface area contributed by atoms with Crippen molar-refractivity contribution in [2.75, 3.05) is 20.0 Å². The number of anilines is 1. The van der Waals surface area contributed by atoms with Crippen LogP contribution in [0.25, 0.3) is 4.98 Å². The topological polar surface area (TPSA) is 125 Å². The Bertz CT molecular complexity index is 1760. The van der Waals surface area contributed by atoms with Gasteiger partial charge in [-0.2, -0.15) is 0 Å². The molecule has 0 aliphatic rings. The third kappa shape index (κ3) is 13.8. The molecule has 0 spiro atoms. The van der Waals surface area contributed by atoms with Crippen molar-refractivity contribution in [2.24, 2.45) is 0 Å². The summed E-state index contributed by atoms with van der Waals surface area (Å²) >= 11 is 12.3. The molecular weight excluding hydrogens is 1400 g/mol. The first-order valence-electron chi connectivity index (χ1n) is 12.7. The van der Waals surface area contributed by atoms with Gasteiger partial charge in [0, 0.05) is 17.2 Å². The maximum atomic E-state index is 11.5. The van der Waals surface area contributed by atoms with E-state index in [0.717, 1.165) is 14.3 Å². The number of carbonyl (C=O) groups is 2. The molecule has 246 valence electrons. The van der Waals surface area contributed by atoms with E-state index in [1.807, 2.05) is 12.1 Å². The number of rotatable bonds is 8. The molecule has 0 heterocycles. The van der Waals surface area contributed by atoms with Crippen molar-refractivity contribution >= 4 is 168 Å². The first kappa shape index (κ1) is 43.0. The van der Waals surface area contributed by atoms with Gasteiger partial charge in [0.2, 0.25) is 11.1 Å². The third-order valence-electron chi connectivity index (χ3n) is 5.71. The number of hydrogen-bond donors (Lipinski definition) is 1. The van der Waals surface area contributed by atoms with Gasteiger partial charge in [0.1, 0.15) is 17.2 Å². The number of hydrogen-bond acceptors (Lipinski definition) is 8. The third-order valence-corrected chi connectivity index (χ3v) is 8.91. The number of ether oxygens (including phenoxy) is 4. The minimum absolute atomic E-state index is 0.00759. The van der Waals surface area contributed by atoms with Crippen LogP contribution in [0.3, 0.4) is 0 Å². The Morgan fingerprint density at radius 1 is 0.723 bits per heavy atom. The Labute approximate surface area is 355 Å². The van der Waals surface area contributed by atoms with Crippen LogP contribution >= 0.6 is 139 Å². The summed E-state index contributed by atoms with van der Waals surface area (Å²) in [5.74, 6) is 3.61. The zero-order valence-corrected chi connectivity index (χ0v) is 40.0. The number of ketones is 2. The predicted octanol–water partition coefficient (Wildman–Crippen LogP) is 12.1. The molecule has 4 aromatic carbocycles. The van der Waals surface area contributed by atoms with Crippen LogP contribution in [0.1, 0.15) is 34.6 Å². The van der Waals surface area contributed by atoms with E-state index >= 15 is 0 Å². The molecule has 0 atom stereocenters. The van der Waals surface area contributed by atoms with Gasteiger partial charge in [-0.25, -0.2) is 0 Å². The summed E-state index contributed by atoms with van der Waals surface area (Å²) in [7, 11) is 3.06. The molecule has 17 heteroatoms. The fourth-order valence-corrected chi connectivity index (χ4v) is 7.52. The Hall–Kier alpha value is -0.185. The van der Waals surface area contributed by atoms with E-state index < -0.39 is 11.7 Å². The van der Waals surface area contributed by atoms with Gasteiger partial charge in [-0.3, -0.25) is 9.59 Å². The number of nitrogens with zero attached hydrogens (tertiary/aromatic N) is 2. The molecule has 9 nitrogen and oxygen atoms in total. The van der Waals surface area contributed by atoms with E-state index in [9.17, 15) is 9.59 Å². The number of benzene rings is 4. The second kappa shape index (κ2) is 21.2. The first-order valence-corrected chi connectivity index (χ1v) is 30.8. The van der Waals surface area contributed by atoms with Crippen molar-refractivity contribution in [2.45, 2.75) is 13.8 Å². The summed E-state index contributed by atoms with van der Waals surface area (Å²) in [4.78, 5) is 26.1. The monoisotopic (exact) mass is 1420 g/mol. The number of nitrogens with two attached hydrogens (primary N) is 1. The van der Waals surface area contributed by atoms with Crippen LogP contribution in [0.2, 0.25) is 0 Å². The summed E-state index contributed by atoms with van der Waals surface area (Å²) in [6.07, 6.45) is 0. The second-order valence-corrected chi connectivity index (χ2v) is 37.1. The molecule has 47 heavy (non-hydrogen) atoms. The van der Waals surface area contributed by atoms with Crippen molar-refractivity contribution in [3.8, 4) is 34.5 Å². The van der Waals surface area contributed by atoms with E-state index in [4.69, 9.17) is 35.8 Å². The Morgan fingerprint density at radius 2 is 1.09 bits per heavy atom. The van der Waals surface area contributed by atoms with Gasteiger partial charge in [-0.05, 0) is 153 Å². The van der Waals surface area contributed by atoms with Crippen LogP contribution in [0.15, 0.2) is 60.7 Å². The quantitative estimate of drug-likeness (QED) is 0.0608. The van der Waals surface area contributed by atoms with Crippen molar-refractivity contribution < 1.29 is 28.5 Å². The van der Waals surface area contributed by atoms with Crippen molar-refractivity contribution in [3.63, 3.8) is 0 Å². The fraction of sp³-hybridized carbons (Fsp3) is 0.133. The molecule has 0 fully saturated rings. The van der Waals surface area contributed by atoms with Crippen LogP contribution in [0.5, 0.6) is 34.5 Å². The van der Waals surface area contributed by atoms with Gasteiger partial charge >= 0.3 is 60.3 Å². The van der Waals surface area contributed by atoms with Crippen LogP contribution in [0.4, 0.5) is 11.4 Å². The Balaban J connectivity index is 0.000000294. The summed E-state index contributed by atoms with van der Waals surface area (Å²) < 4.78 is 25.4. The van der Waals surface area contributed by atoms with E-state index in [1.54, 1.807) is 62.6 Å². The average molecular weight is 1420 g/mol. The summed E-state index contributed by atoms with van der Waals surface area (Å²) in [6, 6.07) is 17.4. The fourth-order valence-electron chi connectivity index (χ4n) is 3.54. The maximum absolute atomic E-state index is 11.5. The van der Waals surface area contributed by atoms with Crippen molar-refractivity contribution in [1.82, 2.24) is 0 Å². The molecule has 0 saturated heterocycles. The Kier molecular flexibility index (Phi) is 19.4. The molecular formula is C30H24BI7N3O6+. The average Bonchev–Trinajstić information content (AvgIpc) is 3.00. The zero-order valence-electron chi connectivity index (χ0n) is 24.9. The van der Waals surface area contributed by atoms with Gasteiger partial charge in [0.05, 0.1) is 40.3 Å². The molecule has 4 rings (SSSR count). The molecule has 0 amide bonds. The zero-order chi connectivity index (χ0) is 35.4. The number of halogens is 7. The summed E-state index contributed by atoms with van der Waals surface area (Å²) in [5, 5.41) is 9.00. The molecule has 2 radical (unpaired) electrons. The molecule has 2 N–H and O–H groups in total. The predicted molar refractivity (Wildman–Crippen MR) is 247 cm³/mol. The van der Waals surface area contributed by atoms with Gasteiger partial charge in [-0.1, -0.05) is 0 Å². The number of nitrogen functional groups attached to an aromatic ring is 1. The van der Waals surface area contributed by atoms with Crippen LogP contribution < -0.4 is 24.7 Å². The summed E-state index contributed by atoms with van der Waals surface area (Å²) in [6.45, 7) is 3.08. The van der Waals surface area contributed by atoms with Gasteiger partial charge in [-0.15, -0.1) is 0 Å². The van der Waals surface area contributed by atoms with Gasteiger partial charge in [0.25, 0.3) is 0 Å². The van der Waals surface area contributed by atoms with Gasteiger partial charge < -0.3 is 24.7 Å². The van der Waals surface area contributed by atoms with E-state index in [-0.39, 0.29) is 17.3 Å². The molecule has 0 aliphatic carbocycles. The molecule has 4 aromatic rings. The molecule has 0 saturated carbocycles. The van der Waals surface area contributed by atoms with Crippen molar-refractivity contribution in [3.05, 3.63) is 91.0 Å². The number of Topliss-reactive ketones (excluding diaryl/α,β-unsaturated/α-hetero) is 2. The summed E-state index contributed by atoms with van der Waals surface area (Å²) in [5.41, 5.74) is 13.2. The van der Waals surface area contributed by atoms with Crippen molar-refractivity contribution in [1.29, 1.82) is 5.39 Å². The van der Waals surface area contributed by atoms with E-state index in [0.29, 0.717) is 51.3 Å². The standard InChI is InChI=1S/C15H11I2N2O3.C15H13I2NO3.BI3/c1-8(20)9-5-11(16)15(12(17)6-9)22-10-3-4-14(21-2)13(7-10)19-18;1-8(19)9-5-11(16)15(12(17)6-9)21-10-3-4-14(20-2)13(18)7-10;1-4(2)3/h3-7H,1-2H3;3-7H,18H2,1-2H3;/q+1;;. The molecule has 0 unspecified atom stereocenters. The molecule has 0 bridgehead atoms. The number of carbonyl (C=O) groups excluding carboxylic acids is 2. The second-order valence-electron chi connectivity index (χ2n) is 8.91. The van der Waals surface area contributed by atoms with Crippen LogP contribution in [-0.2, 0) is 0 Å². The van der Waals surface area contributed by atoms with Crippen LogP contribution in [-0.4, -0.2) is 31.5 Å². The number of methoxy groups -OCH3 is 2.